The van der Waals surface area contributed by atoms with Gasteiger partial charge in [-0.25, -0.2) is 0 Å². The molecule has 0 aromatic heterocycles. The van der Waals surface area contributed by atoms with Crippen molar-refractivity contribution in [2.75, 3.05) is 38.2 Å². The van der Waals surface area contributed by atoms with Gasteiger partial charge in [-0.05, 0) is 73.3 Å². The fraction of sp³-hybridized carbons (Fsp3) is 0.511. The van der Waals surface area contributed by atoms with E-state index in [-0.39, 0.29) is 69.1 Å². The third-order valence-electron chi connectivity index (χ3n) is 10.8. The van der Waals surface area contributed by atoms with Crippen LogP contribution in [0, 0.1) is 5.92 Å². The molecule has 26 nitrogen and oxygen atoms in total. The highest BCUT2D eigenvalue weighted by Gasteiger charge is 2.33. The topological polar surface area (TPSA) is 444 Å². The number of aromatic hydroxyl groups is 1. The van der Waals surface area contributed by atoms with Gasteiger partial charge in [0.1, 0.15) is 42.0 Å². The van der Waals surface area contributed by atoms with Crippen LogP contribution in [0.15, 0.2) is 59.6 Å². The average Bonchev–Trinajstić information content (AvgIpc) is 3.35. The quantitative estimate of drug-likeness (QED) is 0.0180. The Morgan fingerprint density at radius 2 is 1.09 bits per heavy atom. The van der Waals surface area contributed by atoms with Crippen LogP contribution in [0.1, 0.15) is 63.5 Å². The first kappa shape index (κ1) is 62.6. The molecular weight excluding hydrogens is 987 g/mol. The number of primary amides is 1. The normalized spacial score (nSPS) is 13.7. The highest BCUT2D eigenvalue weighted by molar-refractivity contribution is 7.98. The zero-order chi connectivity index (χ0) is 55.3. The maximum Gasteiger partial charge on any atom is 0.303 e. The lowest BCUT2D eigenvalue weighted by molar-refractivity contribution is -0.137. The number of carbonyl (C=O) groups is 10. The van der Waals surface area contributed by atoms with Gasteiger partial charge in [-0.3, -0.25) is 52.9 Å². The molecule has 2 rings (SSSR count). The maximum atomic E-state index is 14.2. The lowest BCUT2D eigenvalue weighted by Crippen LogP contribution is -2.60. The number of aliphatic imine (C=N–C) groups is 1. The van der Waals surface area contributed by atoms with Gasteiger partial charge < -0.3 is 80.8 Å². The number of carboxylic acids is 1. The molecule has 27 heteroatoms. The van der Waals surface area contributed by atoms with Crippen LogP contribution in [-0.2, 0) is 60.8 Å². The van der Waals surface area contributed by atoms with Crippen LogP contribution in [-0.4, -0.2) is 161 Å². The lowest BCUT2D eigenvalue weighted by atomic mass is 10.0. The maximum absolute atomic E-state index is 14.2. The number of phenolic OH excluding ortho intramolecular Hbond substituents is 1. The minimum absolute atomic E-state index is 0.00309. The Balaban J connectivity index is 2.37. The third kappa shape index (κ3) is 24.7. The number of nitrogens with one attached hydrogen (secondary N) is 8. The van der Waals surface area contributed by atoms with Crippen molar-refractivity contribution in [1.29, 1.82) is 0 Å². The molecule has 0 bridgehead atoms. The summed E-state index contributed by atoms with van der Waals surface area (Å²) in [7, 11) is 0. The number of aliphatic carboxylic acids is 1. The van der Waals surface area contributed by atoms with Crippen LogP contribution in [0.4, 0.5) is 0 Å². The van der Waals surface area contributed by atoms with Crippen molar-refractivity contribution < 1.29 is 63.3 Å². The number of carbonyl (C=O) groups excluding carboxylic acids is 9. The number of phenols is 1. The summed E-state index contributed by atoms with van der Waals surface area (Å²) in [6.07, 6.45) is 1.15. The smallest absolute Gasteiger partial charge is 0.303 e. The second-order valence-corrected chi connectivity index (χ2v) is 18.5. The largest absolute Gasteiger partial charge is 0.508 e. The van der Waals surface area contributed by atoms with E-state index < -0.39 is 128 Å². The Morgan fingerprint density at radius 1 is 0.608 bits per heavy atom. The summed E-state index contributed by atoms with van der Waals surface area (Å²) in [5, 5.41) is 49.1. The zero-order valence-electron chi connectivity index (χ0n) is 41.6. The van der Waals surface area contributed by atoms with E-state index in [2.05, 4.69) is 47.5 Å². The molecule has 0 unspecified atom stereocenters. The molecule has 0 radical (unpaired) electrons. The number of guanidine groups is 1. The van der Waals surface area contributed by atoms with Gasteiger partial charge in [0, 0.05) is 25.8 Å². The van der Waals surface area contributed by atoms with E-state index in [1.54, 1.807) is 36.6 Å². The molecule has 0 fully saturated rings. The molecule has 19 N–H and O–H groups in total. The molecular formula is C47H71N13O13S. The van der Waals surface area contributed by atoms with E-state index in [4.69, 9.17) is 28.0 Å². The van der Waals surface area contributed by atoms with Gasteiger partial charge in [0.05, 0.1) is 25.7 Å². The summed E-state index contributed by atoms with van der Waals surface area (Å²) in [6, 6.07) is 4.59. The number of aliphatic hydroxyl groups is 1. The molecule has 0 saturated carbocycles. The second-order valence-electron chi connectivity index (χ2n) is 17.5. The summed E-state index contributed by atoms with van der Waals surface area (Å²) in [4.78, 5) is 135. The van der Waals surface area contributed by atoms with Crippen LogP contribution in [0.3, 0.4) is 0 Å². The predicted molar refractivity (Wildman–Crippen MR) is 273 cm³/mol. The number of aliphatic hydroxyl groups excluding tert-OH is 1. The minimum atomic E-state index is -1.72. The molecule has 0 spiro atoms. The van der Waals surface area contributed by atoms with E-state index in [1.807, 2.05) is 13.8 Å². The van der Waals surface area contributed by atoms with Crippen molar-refractivity contribution >= 4 is 76.9 Å². The van der Waals surface area contributed by atoms with Crippen molar-refractivity contribution in [2.24, 2.45) is 33.8 Å². The Bertz CT molecular complexity index is 2240. The summed E-state index contributed by atoms with van der Waals surface area (Å²) in [5.74, 6) is -8.90. The molecule has 2 aromatic rings. The number of hydrogen-bond acceptors (Lipinski definition) is 15. The Labute approximate surface area is 432 Å². The zero-order valence-corrected chi connectivity index (χ0v) is 42.4. The van der Waals surface area contributed by atoms with E-state index in [0.717, 1.165) is 0 Å². The predicted octanol–water partition coefficient (Wildman–Crippen LogP) is -4.16. The van der Waals surface area contributed by atoms with Crippen LogP contribution < -0.4 is 65.5 Å². The monoisotopic (exact) mass is 1060 g/mol. The van der Waals surface area contributed by atoms with E-state index in [1.165, 1.54) is 36.0 Å². The van der Waals surface area contributed by atoms with Crippen LogP contribution in [0.5, 0.6) is 5.75 Å². The summed E-state index contributed by atoms with van der Waals surface area (Å²) >= 11 is 1.33. The molecule has 0 aliphatic rings. The van der Waals surface area contributed by atoms with Gasteiger partial charge in [0.2, 0.25) is 53.2 Å². The first-order valence-corrected chi connectivity index (χ1v) is 25.0. The molecule has 7 atom stereocenters. The van der Waals surface area contributed by atoms with E-state index >= 15 is 0 Å². The van der Waals surface area contributed by atoms with Crippen molar-refractivity contribution in [3.05, 3.63) is 65.7 Å². The van der Waals surface area contributed by atoms with E-state index in [9.17, 15) is 58.2 Å². The van der Waals surface area contributed by atoms with Crippen molar-refractivity contribution in [3.63, 3.8) is 0 Å². The number of nitrogens with two attached hydrogens (primary N) is 4. The number of hydrogen-bond donors (Lipinski definition) is 15. The van der Waals surface area contributed by atoms with Crippen LogP contribution >= 0.6 is 11.8 Å². The van der Waals surface area contributed by atoms with Crippen molar-refractivity contribution in [2.45, 2.75) is 108 Å². The molecule has 0 aliphatic carbocycles. The Kier molecular flexibility index (Phi) is 28.1. The highest BCUT2D eigenvalue weighted by Crippen LogP contribution is 2.13. The lowest BCUT2D eigenvalue weighted by Gasteiger charge is -2.27. The third-order valence-corrected chi connectivity index (χ3v) is 11.5. The molecule has 74 heavy (non-hydrogen) atoms. The number of carboxylic acid groups (broad SMARTS) is 1. The Morgan fingerprint density at radius 3 is 1.62 bits per heavy atom. The second kappa shape index (κ2) is 33.3. The highest BCUT2D eigenvalue weighted by atomic mass is 32.2. The molecule has 0 saturated heterocycles. The van der Waals surface area contributed by atoms with Gasteiger partial charge in [0.25, 0.3) is 0 Å². The summed E-state index contributed by atoms with van der Waals surface area (Å²) in [5.41, 5.74) is 23.0. The Hall–Kier alpha value is -7.52. The first-order valence-electron chi connectivity index (χ1n) is 23.6. The minimum Gasteiger partial charge on any atom is -0.508 e. The van der Waals surface area contributed by atoms with E-state index in [0.29, 0.717) is 16.9 Å². The molecule has 9 amide bonds. The molecule has 2 aromatic carbocycles. The number of benzene rings is 2. The van der Waals surface area contributed by atoms with Crippen molar-refractivity contribution in [1.82, 2.24) is 42.5 Å². The SMILES string of the molecule is CSCC[C@H](NC(=O)[C@H](CCCN=C(N)N)NC(=O)CNC(=O)[C@@H](N)CCC(=O)O)C(=O)N[C@@H](Cc1ccc(O)cc1)C(=O)N[C@@H](CO)C(=O)N[C@@H](Cc1ccccc1)C(=O)NCC(=O)N[C@@H](CC(C)C)C(N)=O. The van der Waals surface area contributed by atoms with Gasteiger partial charge in [-0.15, -0.1) is 0 Å². The number of thioether (sulfide) groups is 1. The van der Waals surface area contributed by atoms with Crippen LogP contribution in [0.25, 0.3) is 0 Å². The van der Waals surface area contributed by atoms with Gasteiger partial charge >= 0.3 is 5.97 Å². The van der Waals surface area contributed by atoms with Gasteiger partial charge in [-0.1, -0.05) is 56.3 Å². The molecule has 0 heterocycles. The van der Waals surface area contributed by atoms with Gasteiger partial charge in [0.15, 0.2) is 5.96 Å². The average molecular weight is 1060 g/mol. The number of amides is 9. The van der Waals surface area contributed by atoms with Crippen LogP contribution in [0.2, 0.25) is 0 Å². The first-order chi connectivity index (χ1) is 35.0. The summed E-state index contributed by atoms with van der Waals surface area (Å²) in [6.45, 7) is 1.47. The number of rotatable bonds is 34. The van der Waals surface area contributed by atoms with Gasteiger partial charge in [-0.2, -0.15) is 11.8 Å². The number of nitrogens with zero attached hydrogens (tertiary/aromatic N) is 1. The fourth-order valence-corrected chi connectivity index (χ4v) is 7.38. The standard InChI is InChI=1S/C47H71N13O13S/c1-26(2)20-33(40(49)67)56-38(64)24-54-42(69)34(21-27-8-5-4-6-9-27)58-46(73)36(25-61)60-45(72)35(22-28-11-13-29(62)14-12-28)59-44(71)32(17-19-74-3)57-43(70)31(10-7-18-52-47(50)51)55-37(63)23-53-41(68)30(48)15-16-39(65)66/h4-6,8-9,11-14,26,30-36,61-62H,7,10,15-25,48H2,1-3H3,(H2,49,67)(H,53,68)(H,54,69)(H,55,63)(H,56,64)(H,57,70)(H,58,73)(H,59,71)(H,60,72)(H,65,66)(H4,50,51,52)/t30-,31-,32-,33-,34-,35-,36-/m0/s1. The van der Waals surface area contributed by atoms with Crippen molar-refractivity contribution in [3.8, 4) is 5.75 Å². The molecule has 408 valence electrons. The molecule has 0 aliphatic heterocycles. The fourth-order valence-electron chi connectivity index (χ4n) is 6.90. The summed E-state index contributed by atoms with van der Waals surface area (Å²) < 4.78 is 0.